The predicted molar refractivity (Wildman–Crippen MR) is 84.7 cm³/mol. The van der Waals surface area contributed by atoms with Crippen molar-refractivity contribution in [1.82, 2.24) is 0 Å². The van der Waals surface area contributed by atoms with Crippen LogP contribution in [0.5, 0.6) is 0 Å². The van der Waals surface area contributed by atoms with Gasteiger partial charge >= 0.3 is 21.7 Å². The standard InChI is InChI=1S/C17H25Si.3ClH.Ti/c1-3-8-15-9-10-16(14-15)18-17(11-4-2)12-6-5-7-13-17;;;;/h5-7,9-10,12,14H,3-4,8,11,13,18H2,1-2H3;3*1H;/q-1;;;;+4/p-3. The Morgan fingerprint density at radius 1 is 1.14 bits per heavy atom. The van der Waals surface area contributed by atoms with Gasteiger partial charge in [0.15, 0.2) is 0 Å². The zero-order chi connectivity index (χ0) is 12.8. The van der Waals surface area contributed by atoms with E-state index < -0.39 is 0 Å². The molecule has 122 valence electrons. The van der Waals surface area contributed by atoms with Crippen LogP contribution in [0.3, 0.4) is 0 Å². The molecule has 22 heavy (non-hydrogen) atoms. The Morgan fingerprint density at radius 3 is 2.41 bits per heavy atom. The Morgan fingerprint density at radius 2 is 1.86 bits per heavy atom. The molecule has 0 nitrogen and oxygen atoms in total. The first-order chi connectivity index (χ1) is 8.78. The van der Waals surface area contributed by atoms with Crippen molar-refractivity contribution in [2.75, 3.05) is 0 Å². The summed E-state index contributed by atoms with van der Waals surface area (Å²) < 4.78 is 0. The third-order valence-electron chi connectivity index (χ3n) is 3.95. The van der Waals surface area contributed by atoms with Crippen molar-refractivity contribution in [3.63, 3.8) is 0 Å². The minimum atomic E-state index is -0.209. The van der Waals surface area contributed by atoms with Crippen LogP contribution in [0, 0.1) is 0 Å². The molecule has 5 heteroatoms. The van der Waals surface area contributed by atoms with Gasteiger partial charge in [0.1, 0.15) is 0 Å². The number of hydrogen-bond donors (Lipinski definition) is 0. The van der Waals surface area contributed by atoms with Crippen molar-refractivity contribution in [1.29, 1.82) is 0 Å². The van der Waals surface area contributed by atoms with E-state index in [-0.39, 0.29) is 68.5 Å². The average molecular weight is 412 g/mol. The van der Waals surface area contributed by atoms with E-state index in [1.807, 2.05) is 0 Å². The van der Waals surface area contributed by atoms with Gasteiger partial charge in [0.2, 0.25) is 0 Å². The van der Waals surface area contributed by atoms with Gasteiger partial charge in [0, 0.05) is 9.52 Å². The third-order valence-corrected chi connectivity index (χ3v) is 6.38. The monoisotopic (exact) mass is 410 g/mol. The molecule has 1 aromatic carbocycles. The Hall–Kier alpha value is 0.631. The maximum Gasteiger partial charge on any atom is 4.00 e. The van der Waals surface area contributed by atoms with Crippen molar-refractivity contribution < 1.29 is 58.9 Å². The molecule has 1 aliphatic carbocycles. The second kappa shape index (κ2) is 14.0. The van der Waals surface area contributed by atoms with Crippen LogP contribution in [-0.2, 0) is 28.1 Å². The molecule has 0 amide bonds. The van der Waals surface area contributed by atoms with E-state index in [4.69, 9.17) is 0 Å². The number of allylic oxidation sites excluding steroid dienone is 4. The molecular weight excluding hydrogens is 386 g/mol. The van der Waals surface area contributed by atoms with Gasteiger partial charge in [-0.25, -0.2) is 6.07 Å². The van der Waals surface area contributed by atoms with Crippen LogP contribution < -0.4 is 42.4 Å². The molecule has 1 aliphatic rings. The summed E-state index contributed by atoms with van der Waals surface area (Å²) in [4.78, 5) is 0. The summed E-state index contributed by atoms with van der Waals surface area (Å²) in [6, 6.07) is 7.20. The second-order valence-corrected chi connectivity index (χ2v) is 8.24. The summed E-state index contributed by atoms with van der Waals surface area (Å²) >= 11 is 0. The quantitative estimate of drug-likeness (QED) is 0.324. The van der Waals surface area contributed by atoms with Gasteiger partial charge in [-0.3, -0.25) is 0 Å². The zero-order valence-corrected chi connectivity index (χ0v) is 18.7. The average Bonchev–Trinajstić information content (AvgIpc) is 2.78. The summed E-state index contributed by atoms with van der Waals surface area (Å²) in [5.41, 5.74) is 1.54. The minimum absolute atomic E-state index is 0. The largest absolute Gasteiger partial charge is 4.00 e. The van der Waals surface area contributed by atoms with Gasteiger partial charge in [-0.2, -0.15) is 22.9 Å². The van der Waals surface area contributed by atoms with Crippen LogP contribution >= 0.6 is 0 Å². The molecule has 0 aliphatic heterocycles. The van der Waals surface area contributed by atoms with Gasteiger partial charge in [-0.05, 0) is 17.9 Å². The number of hydrogen-bond acceptors (Lipinski definition) is 0. The van der Waals surface area contributed by atoms with Gasteiger partial charge in [-0.1, -0.05) is 57.4 Å². The molecule has 0 heterocycles. The SMILES string of the molecule is CCCc1cc[c-]([SiH2]C2(CCC)C=CC=CC2)c1.[Cl-].[Cl-].[Cl-].[Ti+4]. The normalized spacial score (nSPS) is 19.0. The van der Waals surface area contributed by atoms with E-state index in [0.29, 0.717) is 5.04 Å². The van der Waals surface area contributed by atoms with Crippen molar-refractivity contribution in [2.45, 2.75) is 51.0 Å². The van der Waals surface area contributed by atoms with Gasteiger partial charge < -0.3 is 37.2 Å². The maximum absolute atomic E-state index is 2.50. The van der Waals surface area contributed by atoms with Crippen LogP contribution in [-0.4, -0.2) is 9.52 Å². The van der Waals surface area contributed by atoms with E-state index in [9.17, 15) is 0 Å². The van der Waals surface area contributed by atoms with Crippen LogP contribution in [0.15, 0.2) is 42.5 Å². The van der Waals surface area contributed by atoms with Crippen LogP contribution in [0.4, 0.5) is 0 Å². The molecule has 0 spiro atoms. The molecule has 0 fully saturated rings. The Kier molecular flexibility index (Phi) is 17.5. The number of halogens is 3. The Bertz CT molecular complexity index is 443. The van der Waals surface area contributed by atoms with Crippen molar-refractivity contribution in [3.05, 3.63) is 48.1 Å². The summed E-state index contributed by atoms with van der Waals surface area (Å²) in [7, 11) is -0.209. The van der Waals surface area contributed by atoms with Gasteiger partial charge in [0.25, 0.3) is 0 Å². The molecular formula is C17H25Cl3SiTi. The molecule has 0 aromatic heterocycles. The molecule has 0 N–H and O–H groups in total. The van der Waals surface area contributed by atoms with Crippen LogP contribution in [0.1, 0.15) is 45.1 Å². The molecule has 0 radical (unpaired) electrons. The maximum atomic E-state index is 2.50. The second-order valence-electron chi connectivity index (χ2n) is 5.66. The molecule has 1 unspecified atom stereocenters. The molecule has 1 atom stereocenters. The molecule has 0 saturated carbocycles. The summed E-state index contributed by atoms with van der Waals surface area (Å²) in [6.45, 7) is 4.58. The fourth-order valence-corrected chi connectivity index (χ4v) is 5.63. The van der Waals surface area contributed by atoms with Gasteiger partial charge in [-0.15, -0.1) is 0 Å². The summed E-state index contributed by atoms with van der Waals surface area (Å²) in [5, 5.41) is 2.17. The molecule has 1 aromatic rings. The fourth-order valence-electron chi connectivity index (χ4n) is 3.12. The van der Waals surface area contributed by atoms with Crippen LogP contribution in [0.2, 0.25) is 5.04 Å². The Labute approximate surface area is 171 Å². The van der Waals surface area contributed by atoms with E-state index in [1.54, 1.807) is 10.8 Å². The van der Waals surface area contributed by atoms with E-state index in [0.717, 1.165) is 0 Å². The van der Waals surface area contributed by atoms with E-state index in [2.05, 4.69) is 56.4 Å². The third kappa shape index (κ3) is 7.95. The molecule has 0 saturated heterocycles. The topological polar surface area (TPSA) is 0 Å². The zero-order valence-electron chi connectivity index (χ0n) is 13.4. The molecule has 2 rings (SSSR count). The predicted octanol–water partition coefficient (Wildman–Crippen LogP) is -5.36. The molecule has 0 bridgehead atoms. The smallest absolute Gasteiger partial charge is 1.00 e. The van der Waals surface area contributed by atoms with Crippen molar-refractivity contribution >= 4 is 14.7 Å². The first-order valence-corrected chi connectivity index (χ1v) is 8.78. The number of rotatable bonds is 6. The fraction of sp³-hybridized carbons (Fsp3) is 0.471. The summed E-state index contributed by atoms with van der Waals surface area (Å²) in [6.07, 6.45) is 15.7. The van der Waals surface area contributed by atoms with Crippen molar-refractivity contribution in [2.24, 2.45) is 0 Å². The van der Waals surface area contributed by atoms with E-state index in [1.165, 1.54) is 32.1 Å². The van der Waals surface area contributed by atoms with Gasteiger partial charge in [0.05, 0.1) is 0 Å². The Balaban J connectivity index is -0.000000902. The summed E-state index contributed by atoms with van der Waals surface area (Å²) in [5.74, 6) is 0. The first-order valence-electron chi connectivity index (χ1n) is 7.37. The minimum Gasteiger partial charge on any atom is -1.00 e. The number of aryl methyl sites for hydroxylation is 1. The van der Waals surface area contributed by atoms with Crippen molar-refractivity contribution in [3.8, 4) is 0 Å². The van der Waals surface area contributed by atoms with E-state index >= 15 is 0 Å². The van der Waals surface area contributed by atoms with Crippen LogP contribution in [0.25, 0.3) is 0 Å². The first kappa shape index (κ1) is 27.5.